The number of fused-ring (bicyclic) bond motifs is 1. The number of ether oxygens (including phenoxy) is 1. The number of benzene rings is 2. The normalized spacial score (nSPS) is 11.0. The second kappa shape index (κ2) is 6.80. The van der Waals surface area contributed by atoms with Gasteiger partial charge in [-0.2, -0.15) is 0 Å². The van der Waals surface area contributed by atoms with Crippen LogP contribution in [0.25, 0.3) is 33.3 Å². The number of hydrogen-bond donors (Lipinski definition) is 0. The van der Waals surface area contributed by atoms with Crippen LogP contribution in [-0.4, -0.2) is 17.1 Å². The Kier molecular flexibility index (Phi) is 4.32. The Bertz CT molecular complexity index is 1150. The van der Waals surface area contributed by atoms with E-state index in [2.05, 4.69) is 16.0 Å². The average molecular weight is 358 g/mol. The lowest BCUT2D eigenvalue weighted by Crippen LogP contribution is -1.93. The second-order valence-electron chi connectivity index (χ2n) is 6.57. The second-order valence-corrected chi connectivity index (χ2v) is 6.57. The summed E-state index contributed by atoms with van der Waals surface area (Å²) in [6.45, 7) is 3.74. The molecule has 0 fully saturated rings. The highest BCUT2D eigenvalue weighted by Crippen LogP contribution is 2.35. The van der Waals surface area contributed by atoms with Crippen molar-refractivity contribution in [1.82, 2.24) is 9.97 Å². The maximum Gasteiger partial charge on any atom is 0.132 e. The maximum absolute atomic E-state index is 13.7. The van der Waals surface area contributed by atoms with Crippen LogP contribution in [0.15, 0.2) is 60.9 Å². The lowest BCUT2D eigenvalue weighted by Gasteiger charge is -2.13. The predicted molar refractivity (Wildman–Crippen MR) is 106 cm³/mol. The van der Waals surface area contributed by atoms with Crippen LogP contribution < -0.4 is 4.74 Å². The molecular formula is C23H19FN2O. The van der Waals surface area contributed by atoms with Gasteiger partial charge in [0.2, 0.25) is 0 Å². The smallest absolute Gasteiger partial charge is 0.132 e. The average Bonchev–Trinajstić information content (AvgIpc) is 2.69. The minimum absolute atomic E-state index is 0.215. The predicted octanol–water partition coefficient (Wildman–Crippen LogP) is 5.73. The first-order chi connectivity index (χ1) is 13.1. The van der Waals surface area contributed by atoms with Crippen LogP contribution >= 0.6 is 0 Å². The van der Waals surface area contributed by atoms with E-state index in [0.29, 0.717) is 5.56 Å². The number of pyridine rings is 2. The van der Waals surface area contributed by atoms with Crippen LogP contribution in [0, 0.1) is 19.7 Å². The molecule has 4 aromatic rings. The van der Waals surface area contributed by atoms with Crippen molar-refractivity contribution < 1.29 is 9.13 Å². The third-order valence-corrected chi connectivity index (χ3v) is 4.75. The Labute approximate surface area is 157 Å². The van der Waals surface area contributed by atoms with E-state index in [1.807, 2.05) is 43.5 Å². The van der Waals surface area contributed by atoms with E-state index in [0.717, 1.165) is 44.6 Å². The highest BCUT2D eigenvalue weighted by atomic mass is 19.1. The van der Waals surface area contributed by atoms with Crippen molar-refractivity contribution in [3.8, 4) is 28.1 Å². The van der Waals surface area contributed by atoms with Crippen LogP contribution in [0.4, 0.5) is 4.39 Å². The van der Waals surface area contributed by atoms with E-state index >= 15 is 0 Å². The summed E-state index contributed by atoms with van der Waals surface area (Å²) in [5.41, 5.74) is 6.17. The molecule has 0 atom stereocenters. The zero-order chi connectivity index (χ0) is 19.0. The summed E-state index contributed by atoms with van der Waals surface area (Å²) in [6.07, 6.45) is 3.57. The molecule has 2 heterocycles. The van der Waals surface area contributed by atoms with Gasteiger partial charge in [-0.15, -0.1) is 0 Å². The molecule has 0 aliphatic rings. The molecular weight excluding hydrogens is 339 g/mol. The van der Waals surface area contributed by atoms with Gasteiger partial charge in [-0.05, 0) is 61.4 Å². The van der Waals surface area contributed by atoms with Crippen molar-refractivity contribution in [3.05, 3.63) is 77.9 Å². The molecule has 2 aromatic carbocycles. The van der Waals surface area contributed by atoms with E-state index in [-0.39, 0.29) is 5.82 Å². The SMILES string of the molecule is COc1c(C)cnc2ccc(-c3cccnc3-c3ccc(F)c(C)c3)cc12. The molecule has 3 nitrogen and oxygen atoms in total. The van der Waals surface area contributed by atoms with Crippen LogP contribution in [0.1, 0.15) is 11.1 Å². The Morgan fingerprint density at radius 2 is 1.70 bits per heavy atom. The molecule has 0 spiro atoms. The van der Waals surface area contributed by atoms with Gasteiger partial charge in [0.25, 0.3) is 0 Å². The van der Waals surface area contributed by atoms with Gasteiger partial charge in [0.15, 0.2) is 0 Å². The molecule has 0 aliphatic heterocycles. The first-order valence-electron chi connectivity index (χ1n) is 8.74. The van der Waals surface area contributed by atoms with E-state index < -0.39 is 0 Å². The van der Waals surface area contributed by atoms with Gasteiger partial charge in [0.1, 0.15) is 11.6 Å². The van der Waals surface area contributed by atoms with Gasteiger partial charge in [-0.3, -0.25) is 9.97 Å². The molecule has 27 heavy (non-hydrogen) atoms. The summed E-state index contributed by atoms with van der Waals surface area (Å²) in [5.74, 6) is 0.609. The summed E-state index contributed by atoms with van der Waals surface area (Å²) in [4.78, 5) is 9.06. The molecule has 0 unspecified atom stereocenters. The minimum atomic E-state index is -0.215. The number of nitrogens with zero attached hydrogens (tertiary/aromatic N) is 2. The van der Waals surface area contributed by atoms with Crippen LogP contribution in [0.2, 0.25) is 0 Å². The summed E-state index contributed by atoms with van der Waals surface area (Å²) in [6, 6.07) is 15.1. The third-order valence-electron chi connectivity index (χ3n) is 4.75. The fourth-order valence-corrected chi connectivity index (χ4v) is 3.37. The number of aromatic nitrogens is 2. The molecule has 0 amide bonds. The molecule has 0 N–H and O–H groups in total. The highest BCUT2D eigenvalue weighted by molar-refractivity contribution is 5.92. The molecule has 0 bridgehead atoms. The number of rotatable bonds is 3. The van der Waals surface area contributed by atoms with E-state index in [4.69, 9.17) is 4.74 Å². The van der Waals surface area contributed by atoms with Gasteiger partial charge in [0.05, 0.1) is 18.3 Å². The lowest BCUT2D eigenvalue weighted by molar-refractivity contribution is 0.416. The van der Waals surface area contributed by atoms with E-state index in [9.17, 15) is 4.39 Å². The number of halogens is 1. The molecule has 2 aromatic heterocycles. The van der Waals surface area contributed by atoms with Crippen LogP contribution in [0.3, 0.4) is 0 Å². The van der Waals surface area contributed by atoms with Crippen molar-refractivity contribution in [2.45, 2.75) is 13.8 Å². The molecule has 4 heteroatoms. The van der Waals surface area contributed by atoms with Crippen molar-refractivity contribution in [2.75, 3.05) is 7.11 Å². The first-order valence-corrected chi connectivity index (χ1v) is 8.74. The third kappa shape index (κ3) is 3.04. The summed E-state index contributed by atoms with van der Waals surface area (Å²) >= 11 is 0. The van der Waals surface area contributed by atoms with Gasteiger partial charge >= 0.3 is 0 Å². The minimum Gasteiger partial charge on any atom is -0.496 e. The molecule has 134 valence electrons. The molecule has 0 aliphatic carbocycles. The molecule has 4 rings (SSSR count). The van der Waals surface area contributed by atoms with Crippen molar-refractivity contribution >= 4 is 10.9 Å². The van der Waals surface area contributed by atoms with Gasteiger partial charge in [0, 0.05) is 34.5 Å². The standard InChI is InChI=1S/C23H19FN2O/c1-14-11-17(6-8-20(14)24)22-18(5-4-10-25-22)16-7-9-21-19(12-16)23(27-3)15(2)13-26-21/h4-13H,1-3H3. The Hall–Kier alpha value is -3.27. The quantitative estimate of drug-likeness (QED) is 0.469. The fourth-order valence-electron chi connectivity index (χ4n) is 3.37. The molecule has 0 saturated carbocycles. The van der Waals surface area contributed by atoms with Crippen LogP contribution in [0.5, 0.6) is 5.75 Å². The van der Waals surface area contributed by atoms with Crippen molar-refractivity contribution in [2.24, 2.45) is 0 Å². The monoisotopic (exact) mass is 358 g/mol. The largest absolute Gasteiger partial charge is 0.496 e. The Morgan fingerprint density at radius 3 is 2.48 bits per heavy atom. The summed E-state index contributed by atoms with van der Waals surface area (Å²) in [5, 5.41) is 0.958. The van der Waals surface area contributed by atoms with Gasteiger partial charge in [-0.25, -0.2) is 4.39 Å². The highest BCUT2D eigenvalue weighted by Gasteiger charge is 2.13. The maximum atomic E-state index is 13.7. The van der Waals surface area contributed by atoms with Crippen molar-refractivity contribution in [1.29, 1.82) is 0 Å². The van der Waals surface area contributed by atoms with E-state index in [1.54, 1.807) is 26.3 Å². The Balaban J connectivity index is 1.93. The number of methoxy groups -OCH3 is 1. The van der Waals surface area contributed by atoms with Gasteiger partial charge in [-0.1, -0.05) is 12.1 Å². The van der Waals surface area contributed by atoms with Crippen molar-refractivity contribution in [3.63, 3.8) is 0 Å². The summed E-state index contributed by atoms with van der Waals surface area (Å²) in [7, 11) is 1.67. The molecule has 0 saturated heterocycles. The lowest BCUT2D eigenvalue weighted by atomic mass is 9.97. The zero-order valence-corrected chi connectivity index (χ0v) is 15.5. The topological polar surface area (TPSA) is 35.0 Å². The fraction of sp³-hybridized carbons (Fsp3) is 0.130. The van der Waals surface area contributed by atoms with E-state index in [1.165, 1.54) is 6.07 Å². The van der Waals surface area contributed by atoms with Gasteiger partial charge < -0.3 is 4.74 Å². The number of aryl methyl sites for hydroxylation is 2. The molecule has 0 radical (unpaired) electrons. The van der Waals surface area contributed by atoms with Crippen LogP contribution in [-0.2, 0) is 0 Å². The number of hydrogen-bond acceptors (Lipinski definition) is 3. The zero-order valence-electron chi connectivity index (χ0n) is 15.5. The first kappa shape index (κ1) is 17.2. The summed E-state index contributed by atoms with van der Waals surface area (Å²) < 4.78 is 19.3. The Morgan fingerprint density at radius 1 is 0.889 bits per heavy atom.